The van der Waals surface area contributed by atoms with Crippen molar-refractivity contribution in [2.45, 2.75) is 13.8 Å². The summed E-state index contributed by atoms with van der Waals surface area (Å²) in [6.45, 7) is 4.28. The van der Waals surface area contributed by atoms with Gasteiger partial charge in [0.25, 0.3) is 5.82 Å². The fourth-order valence-electron chi connectivity index (χ4n) is 2.94. The third-order valence-corrected chi connectivity index (χ3v) is 4.41. The van der Waals surface area contributed by atoms with E-state index >= 15 is 0 Å². The lowest BCUT2D eigenvalue weighted by atomic mass is 9.92. The van der Waals surface area contributed by atoms with Gasteiger partial charge in [-0.15, -0.1) is 4.98 Å². The number of allylic oxidation sites excluding steroid dienone is 6. The molecule has 3 rings (SSSR count). The van der Waals surface area contributed by atoms with Crippen LogP contribution in [0.1, 0.15) is 25.0 Å². The number of nitrogens with zero attached hydrogens (tertiary/aromatic N) is 2. The smallest absolute Gasteiger partial charge is 0.261 e. The van der Waals surface area contributed by atoms with Gasteiger partial charge in [-0.1, -0.05) is 55.5 Å². The molecule has 1 aromatic carbocycles. The Kier molecular flexibility index (Phi) is 4.94. The minimum atomic E-state index is 0.528. The first-order valence-electron chi connectivity index (χ1n) is 8.54. The molecular weight excluding hydrogens is 306 g/mol. The molecule has 3 heteroatoms. The molecule has 0 fully saturated rings. The van der Waals surface area contributed by atoms with E-state index in [9.17, 15) is 0 Å². The van der Waals surface area contributed by atoms with Crippen LogP contribution in [0.5, 0.6) is 0 Å². The van der Waals surface area contributed by atoms with Gasteiger partial charge in [0.1, 0.15) is 6.20 Å². The molecule has 0 spiro atoms. The molecule has 1 aliphatic rings. The lowest BCUT2D eigenvalue weighted by Crippen LogP contribution is -2.08. The molecule has 126 valence electrons. The predicted molar refractivity (Wildman–Crippen MR) is 106 cm³/mol. The Hall–Kier alpha value is -2.94. The van der Waals surface area contributed by atoms with Crippen molar-refractivity contribution in [3.05, 3.63) is 83.6 Å². The van der Waals surface area contributed by atoms with Crippen LogP contribution in [0.3, 0.4) is 0 Å². The van der Waals surface area contributed by atoms with Gasteiger partial charge >= 0.3 is 0 Å². The highest BCUT2D eigenvalue weighted by molar-refractivity contribution is 6.04. The van der Waals surface area contributed by atoms with Crippen LogP contribution in [0.2, 0.25) is 0 Å². The van der Waals surface area contributed by atoms with Crippen molar-refractivity contribution in [2.24, 2.45) is 11.7 Å². The molecular formula is C22H24N3+. The van der Waals surface area contributed by atoms with E-state index in [0.29, 0.717) is 5.92 Å². The van der Waals surface area contributed by atoms with Gasteiger partial charge in [-0.05, 0) is 41.2 Å². The Morgan fingerprint density at radius 3 is 2.36 bits per heavy atom. The van der Waals surface area contributed by atoms with E-state index < -0.39 is 0 Å². The average molecular weight is 330 g/mol. The lowest BCUT2D eigenvalue weighted by molar-refractivity contribution is -0.405. The summed E-state index contributed by atoms with van der Waals surface area (Å²) in [6, 6.07) is 14.7. The van der Waals surface area contributed by atoms with Gasteiger partial charge < -0.3 is 5.73 Å². The largest absolute Gasteiger partial charge is 0.325 e. The maximum Gasteiger partial charge on any atom is 0.261 e. The third-order valence-electron chi connectivity index (χ3n) is 4.41. The molecule has 25 heavy (non-hydrogen) atoms. The van der Waals surface area contributed by atoms with E-state index in [4.69, 9.17) is 5.73 Å². The Labute approximate surface area is 149 Å². The Morgan fingerprint density at radius 1 is 1.12 bits per heavy atom. The van der Waals surface area contributed by atoms with Crippen LogP contribution < -0.4 is 5.73 Å². The normalized spacial score (nSPS) is 18.1. The first-order valence-corrected chi connectivity index (χ1v) is 8.54. The number of hydrogen-bond acceptors (Lipinski definition) is 1. The van der Waals surface area contributed by atoms with Crippen LogP contribution in [0.25, 0.3) is 11.1 Å². The van der Waals surface area contributed by atoms with Gasteiger partial charge in [-0.3, -0.25) is 0 Å². The summed E-state index contributed by atoms with van der Waals surface area (Å²) < 4.78 is 1.80. The predicted octanol–water partition coefficient (Wildman–Crippen LogP) is 4.41. The molecule has 0 amide bonds. The molecule has 3 nitrogen and oxygen atoms in total. The molecule has 2 aromatic rings. The van der Waals surface area contributed by atoms with Crippen molar-refractivity contribution in [1.29, 1.82) is 0 Å². The van der Waals surface area contributed by atoms with Crippen molar-refractivity contribution in [1.82, 2.24) is 4.98 Å². The zero-order valence-electron chi connectivity index (χ0n) is 15.0. The average Bonchev–Trinajstić information content (AvgIpc) is 3.37. The van der Waals surface area contributed by atoms with Crippen molar-refractivity contribution in [3.63, 3.8) is 0 Å². The summed E-state index contributed by atoms with van der Waals surface area (Å²) >= 11 is 0. The molecule has 1 heterocycles. The molecule has 1 aliphatic carbocycles. The summed E-state index contributed by atoms with van der Waals surface area (Å²) in [5.74, 6) is 1.35. The van der Waals surface area contributed by atoms with Gasteiger partial charge in [0.2, 0.25) is 0 Å². The third kappa shape index (κ3) is 3.61. The maximum absolute atomic E-state index is 5.57. The second-order valence-corrected chi connectivity index (χ2v) is 6.23. The van der Waals surface area contributed by atoms with E-state index in [1.807, 2.05) is 26.2 Å². The minimum absolute atomic E-state index is 0.528. The highest BCUT2D eigenvalue weighted by Crippen LogP contribution is 2.44. The highest BCUT2D eigenvalue weighted by Gasteiger charge is 2.26. The Bertz CT molecular complexity index is 869. The molecule has 1 atom stereocenters. The molecule has 1 unspecified atom stereocenters. The van der Waals surface area contributed by atoms with E-state index in [0.717, 1.165) is 11.4 Å². The number of nitrogens with two attached hydrogens (primary N) is 1. The molecule has 0 radical (unpaired) electrons. The molecule has 0 bridgehead atoms. The van der Waals surface area contributed by atoms with Gasteiger partial charge in [-0.25, -0.2) is 4.58 Å². The van der Waals surface area contributed by atoms with Crippen molar-refractivity contribution >= 4 is 23.3 Å². The topological polar surface area (TPSA) is 41.9 Å². The first-order chi connectivity index (χ1) is 12.2. The SMILES string of the molecule is CC=CC(=C(C1=CC1C)c1ccccc1)c1ccc([N+](C)=CN)nc1. The number of rotatable bonds is 5. The van der Waals surface area contributed by atoms with Crippen LogP contribution in [0, 0.1) is 5.92 Å². The first kappa shape index (κ1) is 16.9. The highest BCUT2D eigenvalue weighted by atomic mass is 15.1. The van der Waals surface area contributed by atoms with Crippen molar-refractivity contribution in [2.75, 3.05) is 7.05 Å². The van der Waals surface area contributed by atoms with E-state index in [1.165, 1.54) is 28.6 Å². The van der Waals surface area contributed by atoms with Gasteiger partial charge in [0.15, 0.2) is 6.34 Å². The zero-order valence-corrected chi connectivity index (χ0v) is 15.0. The van der Waals surface area contributed by atoms with Crippen molar-refractivity contribution in [3.8, 4) is 0 Å². The van der Waals surface area contributed by atoms with Crippen LogP contribution in [0.4, 0.5) is 5.82 Å². The second kappa shape index (κ2) is 7.31. The van der Waals surface area contributed by atoms with Crippen LogP contribution in [0.15, 0.2) is 72.5 Å². The Morgan fingerprint density at radius 2 is 1.84 bits per heavy atom. The van der Waals surface area contributed by atoms with Crippen molar-refractivity contribution < 1.29 is 4.58 Å². The fraction of sp³-hybridized carbons (Fsp3) is 0.182. The standard InChI is InChI=1S/C22H23N3/c1-4-8-19(18-11-12-21(24-14-18)25(3)15-23)22(20-13-16(20)2)17-9-6-5-7-10-17/h4-16,23H,1-3H3/p+1. The fourth-order valence-corrected chi connectivity index (χ4v) is 2.94. The monoisotopic (exact) mass is 330 g/mol. The quantitative estimate of drug-likeness (QED) is 0.382. The van der Waals surface area contributed by atoms with Crippen LogP contribution >= 0.6 is 0 Å². The Balaban J connectivity index is 2.15. The van der Waals surface area contributed by atoms with Crippen LogP contribution in [-0.4, -0.2) is 22.9 Å². The van der Waals surface area contributed by atoms with Gasteiger partial charge in [0, 0.05) is 11.6 Å². The van der Waals surface area contributed by atoms with Crippen LogP contribution in [-0.2, 0) is 0 Å². The summed E-state index contributed by atoms with van der Waals surface area (Å²) in [5.41, 5.74) is 11.8. The summed E-state index contributed by atoms with van der Waals surface area (Å²) in [7, 11) is 1.89. The number of pyridine rings is 1. The van der Waals surface area contributed by atoms with E-state index in [2.05, 4.69) is 66.5 Å². The number of hydrogen-bond donors (Lipinski definition) is 1. The molecule has 1 aromatic heterocycles. The lowest BCUT2D eigenvalue weighted by Gasteiger charge is -2.12. The second-order valence-electron chi connectivity index (χ2n) is 6.23. The number of benzene rings is 1. The minimum Gasteiger partial charge on any atom is -0.325 e. The molecule has 0 saturated heterocycles. The molecule has 2 N–H and O–H groups in total. The summed E-state index contributed by atoms with van der Waals surface area (Å²) in [6.07, 6.45) is 9.99. The van der Waals surface area contributed by atoms with E-state index in [1.54, 1.807) is 4.58 Å². The van der Waals surface area contributed by atoms with E-state index in [-0.39, 0.29) is 0 Å². The number of aromatic nitrogens is 1. The maximum atomic E-state index is 5.57. The van der Waals surface area contributed by atoms with Gasteiger partial charge in [0.05, 0.1) is 7.05 Å². The molecule has 0 saturated carbocycles. The molecule has 0 aliphatic heterocycles. The van der Waals surface area contributed by atoms with Gasteiger partial charge in [-0.2, -0.15) is 0 Å². The summed E-state index contributed by atoms with van der Waals surface area (Å²) in [5, 5.41) is 0. The zero-order chi connectivity index (χ0) is 17.8. The summed E-state index contributed by atoms with van der Waals surface area (Å²) in [4.78, 5) is 4.55.